The average Bonchev–Trinajstić information content (AvgIpc) is 3.72. The second kappa shape index (κ2) is 11.8. The zero-order valence-electron chi connectivity index (χ0n) is 21.4. The van der Waals surface area contributed by atoms with Crippen molar-refractivity contribution in [3.8, 4) is 34.5 Å². The molecule has 0 aromatic heterocycles. The van der Waals surface area contributed by atoms with Gasteiger partial charge in [0.05, 0.1) is 0 Å². The number of allylic oxidation sites excluding steroid dienone is 8. The first-order valence-corrected chi connectivity index (χ1v) is 17.5. The van der Waals surface area contributed by atoms with Gasteiger partial charge < -0.3 is 0 Å². The molecule has 0 radical (unpaired) electrons. The van der Waals surface area contributed by atoms with Crippen LogP contribution in [-0.2, 0) is 21.1 Å². The van der Waals surface area contributed by atoms with Crippen molar-refractivity contribution in [2.75, 3.05) is 0 Å². The second-order valence-electron chi connectivity index (χ2n) is 9.24. The zero-order chi connectivity index (χ0) is 26.3. The fourth-order valence-electron chi connectivity index (χ4n) is 4.60. The van der Waals surface area contributed by atoms with Crippen LogP contribution in [0.25, 0.3) is 0 Å². The van der Waals surface area contributed by atoms with Crippen molar-refractivity contribution in [3.05, 3.63) is 152 Å². The third kappa shape index (κ3) is 6.00. The summed E-state index contributed by atoms with van der Waals surface area (Å²) < 4.78 is 28.4. The van der Waals surface area contributed by atoms with Gasteiger partial charge in [0, 0.05) is 0 Å². The Kier molecular flexibility index (Phi) is 7.60. The van der Waals surface area contributed by atoms with E-state index in [0.29, 0.717) is 0 Å². The Morgan fingerprint density at radius 1 is 0.410 bits per heavy atom. The summed E-state index contributed by atoms with van der Waals surface area (Å²) in [4.78, 5) is 0. The predicted octanol–water partition coefficient (Wildman–Crippen LogP) is 9.40. The van der Waals surface area contributed by atoms with Crippen LogP contribution in [0.3, 0.4) is 0 Å². The summed E-state index contributed by atoms with van der Waals surface area (Å²) in [5.74, 6) is 4.66. The standard InChI is InChI=1S/2C12H10O2.2C5H5.Zr/c2*13-10-6-8-12(9-7-10)14-11-4-2-1-3-5-11;2*1-2-4-5-3-1;/h2*1-9,13H;2*1-3H,4H2;/q;;;;+2/p-2. The first kappa shape index (κ1) is 25.2. The molecule has 39 heavy (non-hydrogen) atoms. The van der Waals surface area contributed by atoms with E-state index in [0.717, 1.165) is 47.3 Å². The summed E-state index contributed by atoms with van der Waals surface area (Å²) in [6, 6.07) is 35.2. The van der Waals surface area contributed by atoms with Gasteiger partial charge in [-0.2, -0.15) is 0 Å². The Bertz CT molecular complexity index is 1400. The Labute approximate surface area is 234 Å². The molecule has 0 fully saturated rings. The van der Waals surface area contributed by atoms with Gasteiger partial charge in [-0.25, -0.2) is 0 Å². The van der Waals surface area contributed by atoms with Gasteiger partial charge in [0.2, 0.25) is 0 Å². The number of hydrogen-bond donors (Lipinski definition) is 0. The summed E-state index contributed by atoms with van der Waals surface area (Å²) in [6.45, 7) is 0. The van der Waals surface area contributed by atoms with Crippen molar-refractivity contribution in [1.29, 1.82) is 0 Å². The van der Waals surface area contributed by atoms with E-state index in [1.807, 2.05) is 109 Å². The summed E-state index contributed by atoms with van der Waals surface area (Å²) >= 11 is -4.09. The molecule has 0 saturated heterocycles. The average molecular weight is 592 g/mol. The van der Waals surface area contributed by atoms with Crippen LogP contribution in [-0.4, -0.2) is 0 Å². The SMILES string of the molecule is C1=CC[C]([Zr]([O]c2ccc(Oc3ccccc3)cc2)([O]c2ccc(Oc3ccccc3)cc2)[C]2=CC=CC2)=C1. The molecule has 4 nitrogen and oxygen atoms in total. The third-order valence-electron chi connectivity index (χ3n) is 6.52. The van der Waals surface area contributed by atoms with Gasteiger partial charge in [-0.05, 0) is 0 Å². The molecule has 0 heterocycles. The predicted molar refractivity (Wildman–Crippen MR) is 151 cm³/mol. The first-order chi connectivity index (χ1) is 19.3. The number of benzene rings is 4. The van der Waals surface area contributed by atoms with E-state index in [4.69, 9.17) is 15.1 Å². The van der Waals surface area contributed by atoms with Gasteiger partial charge in [0.1, 0.15) is 0 Å². The summed E-state index contributed by atoms with van der Waals surface area (Å²) in [5, 5.41) is 0. The van der Waals surface area contributed by atoms with Gasteiger partial charge >= 0.3 is 236 Å². The number of rotatable bonds is 10. The van der Waals surface area contributed by atoms with Gasteiger partial charge in [-0.15, -0.1) is 0 Å². The maximum atomic E-state index is 6.99. The topological polar surface area (TPSA) is 36.9 Å². The van der Waals surface area contributed by atoms with E-state index >= 15 is 0 Å². The van der Waals surface area contributed by atoms with Gasteiger partial charge in [0.15, 0.2) is 0 Å². The van der Waals surface area contributed by atoms with Crippen LogP contribution in [0, 0.1) is 0 Å². The van der Waals surface area contributed by atoms with Crippen LogP contribution < -0.4 is 15.1 Å². The van der Waals surface area contributed by atoms with Gasteiger partial charge in [-0.3, -0.25) is 0 Å². The van der Waals surface area contributed by atoms with Crippen LogP contribution in [0.2, 0.25) is 0 Å². The molecule has 2 aliphatic carbocycles. The van der Waals surface area contributed by atoms with Crippen LogP contribution in [0.5, 0.6) is 34.5 Å². The Morgan fingerprint density at radius 2 is 0.769 bits per heavy atom. The van der Waals surface area contributed by atoms with Crippen molar-refractivity contribution < 1.29 is 36.2 Å². The molecule has 4 aromatic rings. The van der Waals surface area contributed by atoms with Gasteiger partial charge in [0.25, 0.3) is 0 Å². The van der Waals surface area contributed by atoms with E-state index in [1.165, 1.54) is 6.56 Å². The normalized spacial score (nSPS) is 14.1. The van der Waals surface area contributed by atoms with Crippen molar-refractivity contribution in [1.82, 2.24) is 0 Å². The van der Waals surface area contributed by atoms with Gasteiger partial charge in [-0.1, -0.05) is 0 Å². The molecule has 192 valence electrons. The molecule has 5 heteroatoms. The second-order valence-corrected chi connectivity index (χ2v) is 16.4. The number of ether oxygens (including phenoxy) is 2. The van der Waals surface area contributed by atoms with Crippen molar-refractivity contribution >= 4 is 0 Å². The minimum absolute atomic E-state index is 0.757. The fraction of sp³-hybridized carbons (Fsp3) is 0.0588. The van der Waals surface area contributed by atoms with E-state index in [-0.39, 0.29) is 0 Å². The summed E-state index contributed by atoms with van der Waals surface area (Å²) in [5.41, 5.74) is 0. The molecule has 0 unspecified atom stereocenters. The number of para-hydroxylation sites is 2. The minimum atomic E-state index is -4.09. The monoisotopic (exact) mass is 590 g/mol. The molecular formula is C34H28O4Zr. The Hall–Kier alpha value is -4.08. The molecule has 4 aromatic carbocycles. The van der Waals surface area contributed by atoms with E-state index in [2.05, 4.69) is 36.5 Å². The van der Waals surface area contributed by atoms with Crippen LogP contribution in [0.15, 0.2) is 152 Å². The maximum absolute atomic E-state index is 6.99. The Morgan fingerprint density at radius 3 is 1.13 bits per heavy atom. The molecule has 0 spiro atoms. The van der Waals surface area contributed by atoms with Crippen molar-refractivity contribution in [2.24, 2.45) is 0 Å². The zero-order valence-corrected chi connectivity index (χ0v) is 23.9. The molecule has 0 N–H and O–H groups in total. The van der Waals surface area contributed by atoms with E-state index < -0.39 is 21.1 Å². The molecule has 2 aliphatic rings. The van der Waals surface area contributed by atoms with Crippen molar-refractivity contribution in [2.45, 2.75) is 12.8 Å². The molecule has 0 saturated carbocycles. The third-order valence-corrected chi connectivity index (χ3v) is 15.1. The van der Waals surface area contributed by atoms with E-state index in [9.17, 15) is 0 Å². The first-order valence-electron chi connectivity index (χ1n) is 13.0. The molecule has 0 amide bonds. The quantitative estimate of drug-likeness (QED) is 0.184. The van der Waals surface area contributed by atoms with Crippen LogP contribution in [0.4, 0.5) is 0 Å². The van der Waals surface area contributed by atoms with Crippen molar-refractivity contribution in [3.63, 3.8) is 0 Å². The molecule has 0 atom stereocenters. The summed E-state index contributed by atoms with van der Waals surface area (Å²) in [6.07, 6.45) is 14.6. The van der Waals surface area contributed by atoms with Crippen LogP contribution in [0.1, 0.15) is 12.8 Å². The summed E-state index contributed by atoms with van der Waals surface area (Å²) in [7, 11) is 0. The molecule has 0 aliphatic heterocycles. The molecule has 6 rings (SSSR count). The van der Waals surface area contributed by atoms with Crippen LogP contribution >= 0.6 is 0 Å². The number of hydrogen-bond acceptors (Lipinski definition) is 4. The Balaban J connectivity index is 1.27. The van der Waals surface area contributed by atoms with E-state index in [1.54, 1.807) is 0 Å². The fourth-order valence-corrected chi connectivity index (χ4v) is 12.8. The molecular weight excluding hydrogens is 564 g/mol. The molecule has 0 bridgehead atoms.